The molecule has 3 heteroatoms. The highest BCUT2D eigenvalue weighted by Crippen LogP contribution is 2.31. The van der Waals surface area contributed by atoms with Crippen molar-refractivity contribution < 1.29 is 0 Å². The lowest BCUT2D eigenvalue weighted by molar-refractivity contribution is 0.375. The molecule has 0 aliphatic carbocycles. The number of aromatic nitrogens is 1. The minimum Gasteiger partial charge on any atom is -0.354 e. The van der Waals surface area contributed by atoms with Crippen LogP contribution in [0.5, 0.6) is 0 Å². The average Bonchev–Trinajstić information content (AvgIpc) is 2.47. The third-order valence-electron chi connectivity index (χ3n) is 4.60. The molecule has 1 fully saturated rings. The van der Waals surface area contributed by atoms with Crippen molar-refractivity contribution in [1.29, 1.82) is 0 Å². The molecule has 2 atom stereocenters. The lowest BCUT2D eigenvalue weighted by atomic mass is 9.93. The van der Waals surface area contributed by atoms with Gasteiger partial charge in [0.25, 0.3) is 0 Å². The van der Waals surface area contributed by atoms with Crippen LogP contribution in [0.4, 0.5) is 5.82 Å². The smallest absolute Gasteiger partial charge is 0.132 e. The number of hydrogen-bond acceptors (Lipinski definition) is 3. The molecule has 1 saturated heterocycles. The van der Waals surface area contributed by atoms with Crippen LogP contribution in [0.15, 0.2) is 30.3 Å². The Morgan fingerprint density at radius 2 is 2.10 bits per heavy atom. The Morgan fingerprint density at radius 3 is 2.86 bits per heavy atom. The Hall–Kier alpha value is -1.61. The van der Waals surface area contributed by atoms with Crippen LogP contribution in [0.1, 0.15) is 32.3 Å². The molecule has 0 spiro atoms. The number of pyridine rings is 1. The van der Waals surface area contributed by atoms with Crippen molar-refractivity contribution in [3.63, 3.8) is 0 Å². The zero-order chi connectivity index (χ0) is 14.8. The summed E-state index contributed by atoms with van der Waals surface area (Å²) in [5, 5.41) is 1.21. The lowest BCUT2D eigenvalue weighted by Gasteiger charge is -2.38. The van der Waals surface area contributed by atoms with Crippen molar-refractivity contribution in [1.82, 2.24) is 4.98 Å². The second-order valence-electron chi connectivity index (χ2n) is 6.37. The van der Waals surface area contributed by atoms with E-state index in [0.717, 1.165) is 30.2 Å². The first-order valence-corrected chi connectivity index (χ1v) is 8.04. The molecule has 0 bridgehead atoms. The molecule has 1 aromatic carbocycles. The molecule has 2 heterocycles. The Morgan fingerprint density at radius 1 is 1.29 bits per heavy atom. The largest absolute Gasteiger partial charge is 0.354 e. The number of rotatable bonds is 3. The molecule has 3 rings (SSSR count). The highest BCUT2D eigenvalue weighted by atomic mass is 15.2. The number of hydrogen-bond donors (Lipinski definition) is 1. The maximum Gasteiger partial charge on any atom is 0.132 e. The molecule has 2 aromatic rings. The first-order valence-electron chi connectivity index (χ1n) is 8.04. The van der Waals surface area contributed by atoms with Crippen molar-refractivity contribution >= 4 is 16.7 Å². The van der Waals surface area contributed by atoms with Crippen molar-refractivity contribution in [3.8, 4) is 0 Å². The number of nitrogens with two attached hydrogens (primary N) is 1. The van der Waals surface area contributed by atoms with Gasteiger partial charge in [0.2, 0.25) is 0 Å². The van der Waals surface area contributed by atoms with Gasteiger partial charge in [-0.3, -0.25) is 0 Å². The monoisotopic (exact) mass is 283 g/mol. The summed E-state index contributed by atoms with van der Waals surface area (Å²) in [7, 11) is 0. The minimum absolute atomic E-state index is 0.555. The predicted molar refractivity (Wildman–Crippen MR) is 89.7 cm³/mol. The number of anilines is 1. The summed E-state index contributed by atoms with van der Waals surface area (Å²) < 4.78 is 0. The van der Waals surface area contributed by atoms with E-state index < -0.39 is 0 Å². The van der Waals surface area contributed by atoms with Gasteiger partial charge in [-0.05, 0) is 56.3 Å². The molecule has 21 heavy (non-hydrogen) atoms. The van der Waals surface area contributed by atoms with Gasteiger partial charge in [0.1, 0.15) is 5.82 Å². The third kappa shape index (κ3) is 2.88. The van der Waals surface area contributed by atoms with Gasteiger partial charge in [0, 0.05) is 18.0 Å². The predicted octanol–water partition coefficient (Wildman–Crippen LogP) is 3.36. The number of nitrogens with zero attached hydrogens (tertiary/aromatic N) is 2. The van der Waals surface area contributed by atoms with Crippen molar-refractivity contribution in [2.75, 3.05) is 18.0 Å². The van der Waals surface area contributed by atoms with E-state index in [9.17, 15) is 0 Å². The van der Waals surface area contributed by atoms with E-state index in [0.29, 0.717) is 12.6 Å². The number of benzene rings is 1. The van der Waals surface area contributed by atoms with E-state index in [1.54, 1.807) is 0 Å². The zero-order valence-electron chi connectivity index (χ0n) is 13.0. The standard InChI is InChI=1S/C18H25N3/c1-13-8-10-21(14(2)11-13)18-16(7-9-19)12-15-5-3-4-6-17(15)20-18/h3-6,12-14H,7-11,19H2,1-2H3. The Bertz CT molecular complexity index is 623. The summed E-state index contributed by atoms with van der Waals surface area (Å²) in [5.41, 5.74) is 8.19. The zero-order valence-corrected chi connectivity index (χ0v) is 13.0. The number of piperidine rings is 1. The molecule has 112 valence electrons. The van der Waals surface area contributed by atoms with Gasteiger partial charge < -0.3 is 10.6 Å². The van der Waals surface area contributed by atoms with E-state index in [2.05, 4.69) is 49.1 Å². The van der Waals surface area contributed by atoms with Gasteiger partial charge in [-0.2, -0.15) is 0 Å². The summed E-state index contributed by atoms with van der Waals surface area (Å²) in [4.78, 5) is 7.45. The maximum absolute atomic E-state index is 5.81. The van der Waals surface area contributed by atoms with E-state index in [-0.39, 0.29) is 0 Å². The molecule has 0 amide bonds. The maximum atomic E-state index is 5.81. The molecule has 2 N–H and O–H groups in total. The summed E-state index contributed by atoms with van der Waals surface area (Å²) in [6.07, 6.45) is 3.39. The fraction of sp³-hybridized carbons (Fsp3) is 0.500. The van der Waals surface area contributed by atoms with Crippen molar-refractivity contribution in [2.45, 2.75) is 39.2 Å². The fourth-order valence-electron chi connectivity index (χ4n) is 3.46. The molecule has 1 aliphatic heterocycles. The Balaban J connectivity index is 2.04. The van der Waals surface area contributed by atoms with E-state index in [1.807, 2.05) is 0 Å². The van der Waals surface area contributed by atoms with Crippen LogP contribution in [0, 0.1) is 5.92 Å². The SMILES string of the molecule is CC1CCN(c2nc3ccccc3cc2CCN)C(C)C1. The van der Waals surface area contributed by atoms with Crippen LogP contribution < -0.4 is 10.6 Å². The summed E-state index contributed by atoms with van der Waals surface area (Å²) >= 11 is 0. The molecular formula is C18H25N3. The van der Waals surface area contributed by atoms with Gasteiger partial charge in [-0.1, -0.05) is 25.1 Å². The molecular weight excluding hydrogens is 258 g/mol. The van der Waals surface area contributed by atoms with E-state index in [4.69, 9.17) is 10.7 Å². The second kappa shape index (κ2) is 6.02. The average molecular weight is 283 g/mol. The number of para-hydroxylation sites is 1. The molecule has 0 radical (unpaired) electrons. The van der Waals surface area contributed by atoms with Gasteiger partial charge in [0.15, 0.2) is 0 Å². The lowest BCUT2D eigenvalue weighted by Crippen LogP contribution is -2.41. The molecule has 2 unspecified atom stereocenters. The Labute approximate surface area is 127 Å². The van der Waals surface area contributed by atoms with E-state index >= 15 is 0 Å². The molecule has 0 saturated carbocycles. The molecule has 1 aliphatic rings. The third-order valence-corrected chi connectivity index (χ3v) is 4.60. The normalized spacial score (nSPS) is 22.7. The summed E-state index contributed by atoms with van der Waals surface area (Å²) in [5.74, 6) is 1.97. The van der Waals surface area contributed by atoms with Crippen molar-refractivity contribution in [3.05, 3.63) is 35.9 Å². The van der Waals surface area contributed by atoms with E-state index in [1.165, 1.54) is 23.8 Å². The van der Waals surface area contributed by atoms with Gasteiger partial charge in [-0.25, -0.2) is 4.98 Å². The molecule has 1 aromatic heterocycles. The highest BCUT2D eigenvalue weighted by molar-refractivity contribution is 5.82. The van der Waals surface area contributed by atoms with Gasteiger partial charge >= 0.3 is 0 Å². The van der Waals surface area contributed by atoms with Crippen LogP contribution in [0.2, 0.25) is 0 Å². The van der Waals surface area contributed by atoms with Crippen LogP contribution in [-0.4, -0.2) is 24.1 Å². The first-order chi connectivity index (χ1) is 10.2. The van der Waals surface area contributed by atoms with Crippen LogP contribution in [-0.2, 0) is 6.42 Å². The fourth-order valence-corrected chi connectivity index (χ4v) is 3.46. The second-order valence-corrected chi connectivity index (χ2v) is 6.37. The quantitative estimate of drug-likeness (QED) is 0.939. The Kier molecular flexibility index (Phi) is 4.11. The van der Waals surface area contributed by atoms with Gasteiger partial charge in [-0.15, -0.1) is 0 Å². The summed E-state index contributed by atoms with van der Waals surface area (Å²) in [6, 6.07) is 11.2. The van der Waals surface area contributed by atoms with Crippen LogP contribution in [0.25, 0.3) is 10.9 Å². The van der Waals surface area contributed by atoms with Crippen LogP contribution in [0.3, 0.4) is 0 Å². The minimum atomic E-state index is 0.555. The van der Waals surface area contributed by atoms with Crippen molar-refractivity contribution in [2.24, 2.45) is 11.7 Å². The van der Waals surface area contributed by atoms with Crippen LogP contribution >= 0.6 is 0 Å². The first kappa shape index (κ1) is 14.3. The molecule has 3 nitrogen and oxygen atoms in total. The topological polar surface area (TPSA) is 42.2 Å². The van der Waals surface area contributed by atoms with Gasteiger partial charge in [0.05, 0.1) is 5.52 Å². The summed E-state index contributed by atoms with van der Waals surface area (Å²) in [6.45, 7) is 6.44. The number of fused-ring (bicyclic) bond motifs is 1. The highest BCUT2D eigenvalue weighted by Gasteiger charge is 2.25.